The van der Waals surface area contributed by atoms with E-state index in [0.717, 1.165) is 11.3 Å². The van der Waals surface area contributed by atoms with Crippen molar-refractivity contribution in [3.8, 4) is 28.8 Å². The van der Waals surface area contributed by atoms with Gasteiger partial charge in [0.2, 0.25) is 23.5 Å². The number of halogens is 2. The number of amides is 1. The topological polar surface area (TPSA) is 99.4 Å². The van der Waals surface area contributed by atoms with Gasteiger partial charge in [-0.25, -0.2) is 4.98 Å². The van der Waals surface area contributed by atoms with Gasteiger partial charge in [0.15, 0.2) is 5.75 Å². The summed E-state index contributed by atoms with van der Waals surface area (Å²) in [5, 5.41) is 7.52. The second kappa shape index (κ2) is 11.0. The molecule has 10 heteroatoms. The Morgan fingerprint density at radius 3 is 2.68 bits per heavy atom. The van der Waals surface area contributed by atoms with Gasteiger partial charge < -0.3 is 19.3 Å². The van der Waals surface area contributed by atoms with Crippen molar-refractivity contribution >= 4 is 34.8 Å². The summed E-state index contributed by atoms with van der Waals surface area (Å²) < 4.78 is 16.2. The summed E-state index contributed by atoms with van der Waals surface area (Å²) in [6, 6.07) is 15.9. The molecule has 174 valence electrons. The lowest BCUT2D eigenvalue weighted by atomic mass is 10.2. The summed E-state index contributed by atoms with van der Waals surface area (Å²) in [5.41, 5.74) is 1.32. The molecule has 2 aromatic heterocycles. The highest BCUT2D eigenvalue weighted by molar-refractivity contribution is 6.35. The first-order chi connectivity index (χ1) is 16.5. The third kappa shape index (κ3) is 6.03. The number of methoxy groups -OCH3 is 1. The number of carbonyl (C=O) groups is 1. The second-order valence-electron chi connectivity index (χ2n) is 7.18. The summed E-state index contributed by atoms with van der Waals surface area (Å²) in [5.74, 6) is 2.12. The Bertz CT molecular complexity index is 1280. The molecule has 0 radical (unpaired) electrons. The minimum Gasteiger partial charge on any atom is -0.497 e. The van der Waals surface area contributed by atoms with E-state index >= 15 is 0 Å². The molecule has 0 saturated heterocycles. The first-order valence-corrected chi connectivity index (χ1v) is 11.1. The number of rotatable bonds is 9. The number of aromatic nitrogens is 3. The van der Waals surface area contributed by atoms with Gasteiger partial charge in [-0.15, -0.1) is 0 Å². The van der Waals surface area contributed by atoms with Crippen LogP contribution < -0.4 is 14.8 Å². The van der Waals surface area contributed by atoms with Crippen molar-refractivity contribution in [2.45, 2.75) is 19.3 Å². The standard InChI is InChI=1S/C24H20Cl2N4O4/c1-32-17-11-9-15(10-12-17)23-29-22(34-30-23)8-4-7-21(31)28-19-5-2-3-6-20(19)33-24-18(26)13-16(25)14-27-24/h2-3,5-6,9-14H,4,7-8H2,1H3,(H,28,31). The molecule has 34 heavy (non-hydrogen) atoms. The third-order valence-electron chi connectivity index (χ3n) is 4.75. The number of benzene rings is 2. The van der Waals surface area contributed by atoms with Crippen molar-refractivity contribution in [1.29, 1.82) is 0 Å². The Morgan fingerprint density at radius 1 is 1.12 bits per heavy atom. The Morgan fingerprint density at radius 2 is 1.91 bits per heavy atom. The zero-order valence-corrected chi connectivity index (χ0v) is 19.6. The van der Waals surface area contributed by atoms with E-state index in [1.807, 2.05) is 24.3 Å². The van der Waals surface area contributed by atoms with Crippen molar-refractivity contribution in [2.75, 3.05) is 12.4 Å². The lowest BCUT2D eigenvalue weighted by molar-refractivity contribution is -0.116. The van der Waals surface area contributed by atoms with Crippen molar-refractivity contribution < 1.29 is 18.8 Å². The van der Waals surface area contributed by atoms with Crippen LogP contribution >= 0.6 is 23.2 Å². The molecule has 0 aliphatic heterocycles. The third-order valence-corrected chi connectivity index (χ3v) is 5.23. The molecule has 1 N–H and O–H groups in total. The van der Waals surface area contributed by atoms with Gasteiger partial charge in [0.1, 0.15) is 10.8 Å². The van der Waals surface area contributed by atoms with Gasteiger partial charge >= 0.3 is 0 Å². The van der Waals surface area contributed by atoms with Crippen LogP contribution in [0.5, 0.6) is 17.4 Å². The molecule has 0 bridgehead atoms. The molecule has 2 aromatic carbocycles. The molecule has 0 aliphatic carbocycles. The molecule has 8 nitrogen and oxygen atoms in total. The predicted octanol–water partition coefficient (Wildman–Crippen LogP) is 6.20. The van der Waals surface area contributed by atoms with Gasteiger partial charge in [0.25, 0.3) is 0 Å². The van der Waals surface area contributed by atoms with Crippen LogP contribution in [0.4, 0.5) is 5.69 Å². The Kier molecular flexibility index (Phi) is 7.61. The van der Waals surface area contributed by atoms with Gasteiger partial charge in [-0.05, 0) is 48.9 Å². The maximum Gasteiger partial charge on any atom is 0.238 e. The van der Waals surface area contributed by atoms with Crippen molar-refractivity contribution in [1.82, 2.24) is 15.1 Å². The van der Waals surface area contributed by atoms with Crippen molar-refractivity contribution in [3.63, 3.8) is 0 Å². The van der Waals surface area contributed by atoms with Crippen LogP contribution in [0, 0.1) is 0 Å². The Labute approximate surface area is 205 Å². The molecule has 2 heterocycles. The van der Waals surface area contributed by atoms with Crippen LogP contribution in [0.2, 0.25) is 10.0 Å². The number of hydrogen-bond acceptors (Lipinski definition) is 7. The van der Waals surface area contributed by atoms with E-state index in [2.05, 4.69) is 20.4 Å². The molecular formula is C24H20Cl2N4O4. The fraction of sp³-hybridized carbons (Fsp3) is 0.167. The van der Waals surface area contributed by atoms with E-state index < -0.39 is 0 Å². The highest BCUT2D eigenvalue weighted by Crippen LogP contribution is 2.33. The Hall–Kier alpha value is -3.62. The van der Waals surface area contributed by atoms with Crippen molar-refractivity contribution in [3.05, 3.63) is 76.7 Å². The molecule has 0 saturated carbocycles. The predicted molar refractivity (Wildman–Crippen MR) is 129 cm³/mol. The fourth-order valence-electron chi connectivity index (χ4n) is 3.07. The summed E-state index contributed by atoms with van der Waals surface area (Å²) in [6.07, 6.45) is 2.69. The molecule has 4 aromatic rings. The first-order valence-electron chi connectivity index (χ1n) is 10.4. The van der Waals surface area contributed by atoms with Crippen molar-refractivity contribution in [2.24, 2.45) is 0 Å². The fourth-order valence-corrected chi connectivity index (χ4v) is 3.49. The molecule has 0 atom stereocenters. The molecule has 0 aliphatic rings. The van der Waals surface area contributed by atoms with E-state index in [4.69, 9.17) is 37.2 Å². The van der Waals surface area contributed by atoms with Crippen LogP contribution in [0.1, 0.15) is 18.7 Å². The van der Waals surface area contributed by atoms with E-state index in [-0.39, 0.29) is 23.2 Å². The SMILES string of the molecule is COc1ccc(-c2noc(CCCC(=O)Nc3ccccc3Oc3ncc(Cl)cc3Cl)n2)cc1. The first kappa shape index (κ1) is 23.5. The average molecular weight is 499 g/mol. The molecule has 0 fully saturated rings. The second-order valence-corrected chi connectivity index (χ2v) is 8.02. The van der Waals surface area contributed by atoms with Crippen LogP contribution in [0.3, 0.4) is 0 Å². The summed E-state index contributed by atoms with van der Waals surface area (Å²) in [7, 11) is 1.61. The maximum absolute atomic E-state index is 12.5. The minimum absolute atomic E-state index is 0.180. The van der Waals surface area contributed by atoms with Gasteiger partial charge in [0, 0.05) is 24.6 Å². The van der Waals surface area contributed by atoms with Gasteiger partial charge in [-0.1, -0.05) is 40.5 Å². The van der Waals surface area contributed by atoms with E-state index in [0.29, 0.717) is 41.0 Å². The zero-order valence-electron chi connectivity index (χ0n) is 18.1. The molecule has 4 rings (SSSR count). The van der Waals surface area contributed by atoms with Gasteiger partial charge in [-0.3, -0.25) is 4.79 Å². The number of hydrogen-bond donors (Lipinski definition) is 1. The highest BCUT2D eigenvalue weighted by Gasteiger charge is 2.13. The normalized spacial score (nSPS) is 10.7. The van der Waals surface area contributed by atoms with Crippen LogP contribution in [-0.4, -0.2) is 28.1 Å². The molecular weight excluding hydrogens is 479 g/mol. The molecule has 0 unspecified atom stereocenters. The number of carbonyl (C=O) groups excluding carboxylic acids is 1. The number of nitrogens with zero attached hydrogens (tertiary/aromatic N) is 3. The lowest BCUT2D eigenvalue weighted by Gasteiger charge is -2.12. The largest absolute Gasteiger partial charge is 0.497 e. The van der Waals surface area contributed by atoms with Crippen LogP contribution in [0.25, 0.3) is 11.4 Å². The lowest BCUT2D eigenvalue weighted by Crippen LogP contribution is -2.12. The van der Waals surface area contributed by atoms with E-state index in [1.165, 1.54) is 12.3 Å². The van der Waals surface area contributed by atoms with Gasteiger partial charge in [0.05, 0.1) is 17.8 Å². The zero-order chi connectivity index (χ0) is 23.9. The maximum atomic E-state index is 12.5. The van der Waals surface area contributed by atoms with Crippen LogP contribution in [-0.2, 0) is 11.2 Å². The van der Waals surface area contributed by atoms with E-state index in [9.17, 15) is 4.79 Å². The quantitative estimate of drug-likeness (QED) is 0.293. The molecule has 0 spiro atoms. The van der Waals surface area contributed by atoms with E-state index in [1.54, 1.807) is 31.4 Å². The summed E-state index contributed by atoms with van der Waals surface area (Å²) in [4.78, 5) is 21.0. The number of pyridine rings is 1. The monoisotopic (exact) mass is 498 g/mol. The molecule has 1 amide bonds. The minimum atomic E-state index is -0.180. The smallest absolute Gasteiger partial charge is 0.238 e. The van der Waals surface area contributed by atoms with Crippen LogP contribution in [0.15, 0.2) is 65.3 Å². The number of ether oxygens (including phenoxy) is 2. The average Bonchev–Trinajstić information content (AvgIpc) is 3.31. The Balaban J connectivity index is 1.31. The highest BCUT2D eigenvalue weighted by atomic mass is 35.5. The number of para-hydroxylation sites is 2. The summed E-state index contributed by atoms with van der Waals surface area (Å²) >= 11 is 12.0. The van der Waals surface area contributed by atoms with Gasteiger partial charge in [-0.2, -0.15) is 4.98 Å². The number of nitrogens with one attached hydrogen (secondary N) is 1. The summed E-state index contributed by atoms with van der Waals surface area (Å²) in [6.45, 7) is 0. The number of anilines is 1. The number of aryl methyl sites for hydroxylation is 1.